The fourth-order valence-corrected chi connectivity index (χ4v) is 4.15. The van der Waals surface area contributed by atoms with Crippen LogP contribution < -0.4 is 11.1 Å². The van der Waals surface area contributed by atoms with E-state index < -0.39 is 11.7 Å². The van der Waals surface area contributed by atoms with Gasteiger partial charge in [0.05, 0.1) is 11.3 Å². The summed E-state index contributed by atoms with van der Waals surface area (Å²) in [5.74, 6) is 0.593. The van der Waals surface area contributed by atoms with Gasteiger partial charge in [0.2, 0.25) is 0 Å². The number of nitrogens with one attached hydrogen (secondary N) is 1. The standard InChI is InChI=1S/C21H20F3N5.C7H8/c22-21(23,24)16-3-1-2-15(10-16)20-17(14-6-9-27-19(25)11-14)12-18(28-29-20)13-4-7-26-8-5-13;1-7-5-3-2-4-6-7/h1-3,6,9-13,26H,4-5,7-8H2,(H2,25,27);2-6H,1H3. The number of nitrogen functional groups attached to an aromatic ring is 1. The molecule has 186 valence electrons. The zero-order valence-electron chi connectivity index (χ0n) is 20.0. The minimum atomic E-state index is -4.43. The van der Waals surface area contributed by atoms with Crippen LogP contribution in [0.25, 0.3) is 22.4 Å². The molecule has 3 N–H and O–H groups in total. The van der Waals surface area contributed by atoms with Crippen molar-refractivity contribution in [1.29, 1.82) is 0 Å². The van der Waals surface area contributed by atoms with Gasteiger partial charge in [-0.2, -0.15) is 18.3 Å². The number of nitrogens with zero attached hydrogens (tertiary/aromatic N) is 3. The average molecular weight is 492 g/mol. The number of hydrogen-bond donors (Lipinski definition) is 2. The monoisotopic (exact) mass is 491 g/mol. The molecule has 2 aromatic carbocycles. The Kier molecular flexibility index (Phi) is 7.95. The van der Waals surface area contributed by atoms with Gasteiger partial charge in [-0.3, -0.25) is 0 Å². The summed E-state index contributed by atoms with van der Waals surface area (Å²) in [5.41, 5.74) is 9.47. The Bertz CT molecular complexity index is 1290. The van der Waals surface area contributed by atoms with Gasteiger partial charge < -0.3 is 11.1 Å². The van der Waals surface area contributed by atoms with E-state index in [1.165, 1.54) is 11.6 Å². The number of hydrogen-bond acceptors (Lipinski definition) is 5. The van der Waals surface area contributed by atoms with Gasteiger partial charge in [0.1, 0.15) is 11.5 Å². The van der Waals surface area contributed by atoms with Gasteiger partial charge in [-0.15, -0.1) is 5.10 Å². The fourth-order valence-electron chi connectivity index (χ4n) is 4.15. The molecule has 1 saturated heterocycles. The molecule has 0 spiro atoms. The number of rotatable bonds is 3. The second kappa shape index (κ2) is 11.3. The molecule has 5 rings (SSSR count). The molecule has 3 heterocycles. The summed E-state index contributed by atoms with van der Waals surface area (Å²) in [6, 6.07) is 20.8. The van der Waals surface area contributed by atoms with Crippen molar-refractivity contribution in [1.82, 2.24) is 20.5 Å². The predicted octanol–water partition coefficient (Wildman–Crippen LogP) is 6.27. The van der Waals surface area contributed by atoms with Crippen LogP contribution in [0.3, 0.4) is 0 Å². The van der Waals surface area contributed by atoms with E-state index in [2.05, 4.69) is 39.6 Å². The molecule has 1 aliphatic heterocycles. The summed E-state index contributed by atoms with van der Waals surface area (Å²) >= 11 is 0. The first-order chi connectivity index (χ1) is 17.3. The number of benzene rings is 2. The second-order valence-electron chi connectivity index (χ2n) is 8.76. The average Bonchev–Trinajstić information content (AvgIpc) is 2.89. The van der Waals surface area contributed by atoms with E-state index in [1.54, 1.807) is 24.4 Å². The summed E-state index contributed by atoms with van der Waals surface area (Å²) < 4.78 is 39.6. The van der Waals surface area contributed by atoms with Gasteiger partial charge >= 0.3 is 6.18 Å². The number of alkyl halides is 3. The van der Waals surface area contributed by atoms with Crippen LogP contribution in [0.15, 0.2) is 79.0 Å². The number of aromatic nitrogens is 3. The summed E-state index contributed by atoms with van der Waals surface area (Å²) in [5, 5.41) is 12.0. The molecular weight excluding hydrogens is 463 g/mol. The maximum Gasteiger partial charge on any atom is 0.416 e. The van der Waals surface area contributed by atoms with Crippen molar-refractivity contribution in [3.8, 4) is 22.4 Å². The van der Waals surface area contributed by atoms with Gasteiger partial charge in [-0.25, -0.2) is 4.98 Å². The predicted molar refractivity (Wildman–Crippen MR) is 136 cm³/mol. The number of nitrogens with two attached hydrogens (primary N) is 1. The van der Waals surface area contributed by atoms with Gasteiger partial charge in [0.25, 0.3) is 0 Å². The summed E-state index contributed by atoms with van der Waals surface area (Å²) in [6.45, 7) is 3.89. The normalized spacial score (nSPS) is 14.1. The van der Waals surface area contributed by atoms with Crippen LogP contribution in [-0.2, 0) is 6.18 Å². The maximum absolute atomic E-state index is 13.2. The molecule has 0 amide bonds. The topological polar surface area (TPSA) is 76.7 Å². The van der Waals surface area contributed by atoms with Crippen LogP contribution in [0.1, 0.15) is 35.6 Å². The molecule has 2 aromatic heterocycles. The van der Waals surface area contributed by atoms with Gasteiger partial charge in [0.15, 0.2) is 0 Å². The van der Waals surface area contributed by atoms with Crippen molar-refractivity contribution in [2.45, 2.75) is 31.9 Å². The molecule has 0 aliphatic carbocycles. The Labute approximate surface area is 208 Å². The van der Waals surface area contributed by atoms with Crippen molar-refractivity contribution >= 4 is 5.82 Å². The first-order valence-electron chi connectivity index (χ1n) is 11.8. The van der Waals surface area contributed by atoms with E-state index in [0.29, 0.717) is 22.6 Å². The lowest BCUT2D eigenvalue weighted by atomic mass is 9.91. The third-order valence-corrected chi connectivity index (χ3v) is 6.07. The molecular formula is C28H28F3N5. The highest BCUT2D eigenvalue weighted by Gasteiger charge is 2.31. The van der Waals surface area contributed by atoms with Crippen molar-refractivity contribution in [3.63, 3.8) is 0 Å². The minimum Gasteiger partial charge on any atom is -0.384 e. The zero-order chi connectivity index (χ0) is 25.5. The van der Waals surface area contributed by atoms with Crippen molar-refractivity contribution in [3.05, 3.63) is 95.8 Å². The van der Waals surface area contributed by atoms with Crippen LogP contribution in [0.4, 0.5) is 19.0 Å². The molecule has 0 saturated carbocycles. The SMILES string of the molecule is Cc1ccccc1.Nc1cc(-c2cc(C3CCNCC3)nnc2-c2cccc(C(F)(F)F)c2)ccn1. The van der Waals surface area contributed by atoms with Crippen molar-refractivity contribution < 1.29 is 13.2 Å². The number of pyridine rings is 1. The van der Waals surface area contributed by atoms with E-state index in [-0.39, 0.29) is 5.92 Å². The minimum absolute atomic E-state index is 0.261. The summed E-state index contributed by atoms with van der Waals surface area (Å²) in [7, 11) is 0. The van der Waals surface area contributed by atoms with Gasteiger partial charge in [-0.05, 0) is 68.8 Å². The highest BCUT2D eigenvalue weighted by Crippen LogP contribution is 2.36. The quantitative estimate of drug-likeness (QED) is 0.353. The molecule has 0 radical (unpaired) electrons. The molecule has 8 heteroatoms. The number of halogens is 3. The van der Waals surface area contributed by atoms with E-state index in [4.69, 9.17) is 5.73 Å². The zero-order valence-corrected chi connectivity index (χ0v) is 20.0. The fraction of sp³-hybridized carbons (Fsp3) is 0.250. The Morgan fingerprint density at radius 3 is 2.25 bits per heavy atom. The Morgan fingerprint density at radius 2 is 1.61 bits per heavy atom. The Morgan fingerprint density at radius 1 is 0.861 bits per heavy atom. The maximum atomic E-state index is 13.2. The van der Waals surface area contributed by atoms with Gasteiger partial charge in [0, 0.05) is 23.2 Å². The van der Waals surface area contributed by atoms with Crippen LogP contribution in [0.2, 0.25) is 0 Å². The van der Waals surface area contributed by atoms with Crippen molar-refractivity contribution in [2.24, 2.45) is 0 Å². The van der Waals surface area contributed by atoms with Gasteiger partial charge in [-0.1, -0.05) is 48.0 Å². The number of piperidine rings is 1. The Hall–Kier alpha value is -3.78. The molecule has 1 fully saturated rings. The van der Waals surface area contributed by atoms with E-state index in [0.717, 1.165) is 49.3 Å². The molecule has 4 aromatic rings. The smallest absolute Gasteiger partial charge is 0.384 e. The second-order valence-corrected chi connectivity index (χ2v) is 8.76. The summed E-state index contributed by atoms with van der Waals surface area (Å²) in [4.78, 5) is 4.01. The van der Waals surface area contributed by atoms with Crippen LogP contribution >= 0.6 is 0 Å². The van der Waals surface area contributed by atoms with Crippen LogP contribution in [-0.4, -0.2) is 28.3 Å². The molecule has 0 bridgehead atoms. The largest absolute Gasteiger partial charge is 0.416 e. The number of aryl methyl sites for hydroxylation is 1. The molecule has 5 nitrogen and oxygen atoms in total. The molecule has 36 heavy (non-hydrogen) atoms. The number of anilines is 1. The molecule has 1 aliphatic rings. The first-order valence-corrected chi connectivity index (χ1v) is 11.8. The van der Waals surface area contributed by atoms with Crippen LogP contribution in [0.5, 0.6) is 0 Å². The first kappa shape index (κ1) is 25.3. The summed E-state index contributed by atoms with van der Waals surface area (Å²) in [6.07, 6.45) is -0.976. The lowest BCUT2D eigenvalue weighted by Crippen LogP contribution is -2.27. The van der Waals surface area contributed by atoms with Crippen molar-refractivity contribution in [2.75, 3.05) is 18.8 Å². The third-order valence-electron chi connectivity index (χ3n) is 6.07. The lowest BCUT2D eigenvalue weighted by Gasteiger charge is -2.22. The third kappa shape index (κ3) is 6.46. The highest BCUT2D eigenvalue weighted by atomic mass is 19.4. The molecule has 0 unspecified atom stereocenters. The molecule has 0 atom stereocenters. The van der Waals surface area contributed by atoms with E-state index in [9.17, 15) is 13.2 Å². The van der Waals surface area contributed by atoms with E-state index >= 15 is 0 Å². The highest BCUT2D eigenvalue weighted by molar-refractivity contribution is 5.81. The Balaban J connectivity index is 0.000000375. The lowest BCUT2D eigenvalue weighted by molar-refractivity contribution is -0.137. The van der Waals surface area contributed by atoms with Crippen LogP contribution in [0, 0.1) is 6.92 Å². The van der Waals surface area contributed by atoms with E-state index in [1.807, 2.05) is 24.3 Å².